The maximum Gasteiger partial charge on any atom is 0.232 e. The van der Waals surface area contributed by atoms with Crippen molar-refractivity contribution in [1.29, 1.82) is 5.26 Å². The van der Waals surface area contributed by atoms with Crippen LogP contribution in [-0.4, -0.2) is 5.91 Å². The van der Waals surface area contributed by atoms with E-state index in [0.29, 0.717) is 12.1 Å². The lowest BCUT2D eigenvalue weighted by Crippen LogP contribution is -2.29. The fourth-order valence-electron chi connectivity index (χ4n) is 2.83. The molecule has 3 aromatic carbocycles. The molecule has 0 unspecified atom stereocenters. The first-order valence-electron chi connectivity index (χ1n) is 8.14. The van der Waals surface area contributed by atoms with Crippen LogP contribution in [0.4, 0.5) is 0 Å². The van der Waals surface area contributed by atoms with Crippen molar-refractivity contribution in [2.24, 2.45) is 0 Å². The SMILES string of the molecule is N#Cc1cccc(CNC(=O)C(c2ccccc2)c2ccccc2)c1. The molecule has 0 aliphatic heterocycles. The van der Waals surface area contributed by atoms with Gasteiger partial charge in [0.15, 0.2) is 0 Å². The normalized spacial score (nSPS) is 10.2. The summed E-state index contributed by atoms with van der Waals surface area (Å²) in [6.45, 7) is 0.393. The number of nitriles is 1. The van der Waals surface area contributed by atoms with E-state index in [1.165, 1.54) is 0 Å². The topological polar surface area (TPSA) is 52.9 Å². The van der Waals surface area contributed by atoms with Gasteiger partial charge in [-0.1, -0.05) is 72.8 Å². The van der Waals surface area contributed by atoms with Crippen LogP contribution in [0.3, 0.4) is 0 Å². The number of nitrogens with zero attached hydrogens (tertiary/aromatic N) is 1. The van der Waals surface area contributed by atoms with Crippen LogP contribution in [-0.2, 0) is 11.3 Å². The minimum atomic E-state index is -0.360. The van der Waals surface area contributed by atoms with Crippen molar-refractivity contribution in [2.45, 2.75) is 12.5 Å². The molecule has 122 valence electrons. The van der Waals surface area contributed by atoms with Crippen LogP contribution in [0, 0.1) is 11.3 Å². The highest BCUT2D eigenvalue weighted by Gasteiger charge is 2.22. The van der Waals surface area contributed by atoms with E-state index in [-0.39, 0.29) is 11.8 Å². The Kier molecular flexibility index (Phi) is 5.23. The van der Waals surface area contributed by atoms with Crippen LogP contribution in [0.2, 0.25) is 0 Å². The molecule has 0 radical (unpaired) electrons. The van der Waals surface area contributed by atoms with Crippen molar-refractivity contribution in [3.05, 3.63) is 107 Å². The molecule has 0 heterocycles. The van der Waals surface area contributed by atoms with Crippen molar-refractivity contribution in [3.8, 4) is 6.07 Å². The van der Waals surface area contributed by atoms with E-state index < -0.39 is 0 Å². The van der Waals surface area contributed by atoms with Crippen LogP contribution >= 0.6 is 0 Å². The lowest BCUT2D eigenvalue weighted by atomic mass is 9.90. The zero-order valence-electron chi connectivity index (χ0n) is 13.7. The van der Waals surface area contributed by atoms with E-state index in [1.807, 2.05) is 72.8 Å². The van der Waals surface area contributed by atoms with Gasteiger partial charge in [-0.25, -0.2) is 0 Å². The van der Waals surface area contributed by atoms with Crippen LogP contribution in [0.25, 0.3) is 0 Å². The van der Waals surface area contributed by atoms with Gasteiger partial charge in [-0.15, -0.1) is 0 Å². The van der Waals surface area contributed by atoms with Gasteiger partial charge in [0.2, 0.25) is 5.91 Å². The van der Waals surface area contributed by atoms with Crippen LogP contribution in [0.5, 0.6) is 0 Å². The summed E-state index contributed by atoms with van der Waals surface area (Å²) in [6, 6.07) is 28.9. The van der Waals surface area contributed by atoms with Gasteiger partial charge in [-0.3, -0.25) is 4.79 Å². The number of nitrogens with one attached hydrogen (secondary N) is 1. The zero-order chi connectivity index (χ0) is 17.5. The number of benzene rings is 3. The van der Waals surface area contributed by atoms with Gasteiger partial charge < -0.3 is 5.32 Å². The first-order valence-corrected chi connectivity index (χ1v) is 8.14. The molecule has 0 aromatic heterocycles. The number of rotatable bonds is 5. The number of carbonyl (C=O) groups is 1. The summed E-state index contributed by atoms with van der Waals surface area (Å²) in [4.78, 5) is 12.9. The second kappa shape index (κ2) is 7.94. The van der Waals surface area contributed by atoms with Crippen molar-refractivity contribution >= 4 is 5.91 Å². The molecule has 0 spiro atoms. The van der Waals surface area contributed by atoms with Crippen molar-refractivity contribution in [3.63, 3.8) is 0 Å². The Hall–Kier alpha value is -3.38. The molecule has 3 rings (SSSR count). The summed E-state index contributed by atoms with van der Waals surface area (Å²) < 4.78 is 0. The number of hydrogen-bond donors (Lipinski definition) is 1. The van der Waals surface area contributed by atoms with E-state index >= 15 is 0 Å². The minimum absolute atomic E-state index is 0.0558. The highest BCUT2D eigenvalue weighted by atomic mass is 16.1. The second-order valence-corrected chi connectivity index (χ2v) is 5.78. The highest BCUT2D eigenvalue weighted by molar-refractivity contribution is 5.87. The standard InChI is InChI=1S/C22H18N2O/c23-15-17-8-7-9-18(14-17)16-24-22(25)21(19-10-3-1-4-11-19)20-12-5-2-6-13-20/h1-14,21H,16H2,(H,24,25). The molecule has 1 N–H and O–H groups in total. The maximum atomic E-state index is 12.9. The Morgan fingerprint density at radius 1 is 0.880 bits per heavy atom. The van der Waals surface area contributed by atoms with Gasteiger partial charge >= 0.3 is 0 Å². The molecule has 25 heavy (non-hydrogen) atoms. The van der Waals surface area contributed by atoms with Gasteiger partial charge in [0, 0.05) is 6.54 Å². The average molecular weight is 326 g/mol. The smallest absolute Gasteiger partial charge is 0.232 e. The summed E-state index contributed by atoms with van der Waals surface area (Å²) in [5.41, 5.74) is 3.41. The molecule has 0 bridgehead atoms. The summed E-state index contributed by atoms with van der Waals surface area (Å²) >= 11 is 0. The van der Waals surface area contributed by atoms with Crippen molar-refractivity contribution < 1.29 is 4.79 Å². The molecule has 0 saturated carbocycles. The molecule has 3 nitrogen and oxygen atoms in total. The van der Waals surface area contributed by atoms with E-state index in [1.54, 1.807) is 12.1 Å². The summed E-state index contributed by atoms with van der Waals surface area (Å²) in [5.74, 6) is -0.415. The Balaban J connectivity index is 1.81. The molecule has 0 aliphatic carbocycles. The Labute approximate surface area is 147 Å². The van der Waals surface area contributed by atoms with Gasteiger partial charge in [0.1, 0.15) is 0 Å². The van der Waals surface area contributed by atoms with Crippen LogP contribution in [0.15, 0.2) is 84.9 Å². The highest BCUT2D eigenvalue weighted by Crippen LogP contribution is 2.24. The predicted octanol–water partition coefficient (Wildman–Crippen LogP) is 4.01. The Bertz CT molecular complexity index is 843. The quantitative estimate of drug-likeness (QED) is 0.770. The predicted molar refractivity (Wildman–Crippen MR) is 97.7 cm³/mol. The summed E-state index contributed by atoms with van der Waals surface area (Å²) in [6.07, 6.45) is 0. The van der Waals surface area contributed by atoms with Gasteiger partial charge in [0.25, 0.3) is 0 Å². The van der Waals surface area contributed by atoms with Gasteiger partial charge in [-0.2, -0.15) is 5.26 Å². The van der Waals surface area contributed by atoms with Crippen molar-refractivity contribution in [1.82, 2.24) is 5.32 Å². The van der Waals surface area contributed by atoms with Crippen LogP contribution in [0.1, 0.15) is 28.2 Å². The third kappa shape index (κ3) is 4.13. The van der Waals surface area contributed by atoms with Crippen LogP contribution < -0.4 is 5.32 Å². The van der Waals surface area contributed by atoms with Gasteiger partial charge in [-0.05, 0) is 28.8 Å². The fraction of sp³-hybridized carbons (Fsp3) is 0.0909. The third-order valence-electron chi connectivity index (χ3n) is 4.05. The van der Waals surface area contributed by atoms with E-state index in [4.69, 9.17) is 5.26 Å². The van der Waals surface area contributed by atoms with E-state index in [0.717, 1.165) is 16.7 Å². The largest absolute Gasteiger partial charge is 0.351 e. The Morgan fingerprint density at radius 3 is 2.04 bits per heavy atom. The fourth-order valence-corrected chi connectivity index (χ4v) is 2.83. The molecule has 3 heteroatoms. The number of carbonyl (C=O) groups excluding carboxylic acids is 1. The molecule has 1 amide bonds. The van der Waals surface area contributed by atoms with Crippen molar-refractivity contribution in [2.75, 3.05) is 0 Å². The lowest BCUT2D eigenvalue weighted by molar-refractivity contribution is -0.121. The average Bonchev–Trinajstić information content (AvgIpc) is 2.68. The molecule has 0 fully saturated rings. The third-order valence-corrected chi connectivity index (χ3v) is 4.05. The first kappa shape index (κ1) is 16.5. The number of hydrogen-bond acceptors (Lipinski definition) is 2. The summed E-state index contributed by atoms with van der Waals surface area (Å²) in [5, 5.41) is 12.0. The van der Waals surface area contributed by atoms with Gasteiger partial charge in [0.05, 0.1) is 17.6 Å². The van der Waals surface area contributed by atoms with E-state index in [9.17, 15) is 4.79 Å². The monoisotopic (exact) mass is 326 g/mol. The molecular formula is C22H18N2O. The second-order valence-electron chi connectivity index (χ2n) is 5.78. The molecule has 0 saturated heterocycles. The Morgan fingerprint density at radius 2 is 1.48 bits per heavy atom. The number of amides is 1. The lowest BCUT2D eigenvalue weighted by Gasteiger charge is -2.18. The molecule has 3 aromatic rings. The zero-order valence-corrected chi connectivity index (χ0v) is 13.7. The maximum absolute atomic E-state index is 12.9. The first-order chi connectivity index (χ1) is 12.3. The summed E-state index contributed by atoms with van der Waals surface area (Å²) in [7, 11) is 0. The minimum Gasteiger partial charge on any atom is -0.351 e. The molecule has 0 aliphatic rings. The van der Waals surface area contributed by atoms with E-state index in [2.05, 4.69) is 11.4 Å². The molecule has 0 atom stereocenters. The molecular weight excluding hydrogens is 308 g/mol.